The van der Waals surface area contributed by atoms with Crippen LogP contribution >= 0.6 is 11.3 Å². The Balaban J connectivity index is 1.44. The molecular formula is C24H17N3OS. The van der Waals surface area contributed by atoms with Crippen molar-refractivity contribution in [3.63, 3.8) is 0 Å². The molecule has 5 heteroatoms. The fourth-order valence-corrected chi connectivity index (χ4v) is 4.08. The second kappa shape index (κ2) is 7.45. The smallest absolute Gasteiger partial charge is 0.321 e. The predicted octanol–water partition coefficient (Wildman–Crippen LogP) is 6.52. The van der Waals surface area contributed by atoms with Crippen molar-refractivity contribution in [2.45, 2.75) is 6.92 Å². The molecule has 4 nitrogen and oxygen atoms in total. The van der Waals surface area contributed by atoms with Crippen molar-refractivity contribution in [1.29, 1.82) is 0 Å². The molecule has 0 atom stereocenters. The topological polar surface area (TPSA) is 47.9 Å². The standard InChI is InChI=1S/C24H17N3OS/c1-16-10-12-17(13-11-16)18-14-25-24(26-15-18)28-21-8-4-2-6-19(21)23-27-20-7-3-5-9-22(20)29-23/h2-15H,1H3. The van der Waals surface area contributed by atoms with Crippen LogP contribution in [-0.2, 0) is 0 Å². The number of hydrogen-bond acceptors (Lipinski definition) is 5. The maximum absolute atomic E-state index is 6.01. The second-order valence-electron chi connectivity index (χ2n) is 6.71. The average molecular weight is 395 g/mol. The molecule has 0 N–H and O–H groups in total. The first-order valence-electron chi connectivity index (χ1n) is 9.28. The molecule has 2 aromatic heterocycles. The minimum atomic E-state index is 0.314. The molecule has 0 saturated heterocycles. The van der Waals surface area contributed by atoms with Crippen LogP contribution in [-0.4, -0.2) is 15.0 Å². The van der Waals surface area contributed by atoms with E-state index in [0.29, 0.717) is 11.8 Å². The molecule has 0 saturated carbocycles. The number of aryl methyl sites for hydroxylation is 1. The lowest BCUT2D eigenvalue weighted by Gasteiger charge is -2.08. The largest absolute Gasteiger partial charge is 0.424 e. The lowest BCUT2D eigenvalue weighted by molar-refractivity contribution is 0.443. The first kappa shape index (κ1) is 17.5. The highest BCUT2D eigenvalue weighted by atomic mass is 32.1. The zero-order valence-corrected chi connectivity index (χ0v) is 16.6. The number of fused-ring (bicyclic) bond motifs is 1. The van der Waals surface area contributed by atoms with E-state index in [1.165, 1.54) is 5.56 Å². The molecule has 0 amide bonds. The van der Waals surface area contributed by atoms with Crippen LogP contribution in [0.2, 0.25) is 0 Å². The summed E-state index contributed by atoms with van der Waals surface area (Å²) in [7, 11) is 0. The normalized spacial score (nSPS) is 10.9. The SMILES string of the molecule is Cc1ccc(-c2cnc(Oc3ccccc3-c3nc4ccccc4s3)nc2)cc1. The summed E-state index contributed by atoms with van der Waals surface area (Å²) in [6.07, 6.45) is 3.57. The summed E-state index contributed by atoms with van der Waals surface area (Å²) in [6, 6.07) is 24.6. The van der Waals surface area contributed by atoms with Crippen LogP contribution in [0, 0.1) is 6.92 Å². The van der Waals surface area contributed by atoms with Gasteiger partial charge in [0, 0.05) is 18.0 Å². The van der Waals surface area contributed by atoms with Gasteiger partial charge < -0.3 is 4.74 Å². The summed E-state index contributed by atoms with van der Waals surface area (Å²) in [4.78, 5) is 13.5. The Bertz CT molecular complexity index is 1240. The van der Waals surface area contributed by atoms with Crippen molar-refractivity contribution in [3.05, 3.63) is 90.8 Å². The lowest BCUT2D eigenvalue weighted by atomic mass is 10.1. The molecule has 0 fully saturated rings. The third-order valence-electron chi connectivity index (χ3n) is 4.63. The van der Waals surface area contributed by atoms with E-state index in [0.717, 1.165) is 31.9 Å². The van der Waals surface area contributed by atoms with E-state index in [9.17, 15) is 0 Å². The van der Waals surface area contributed by atoms with E-state index < -0.39 is 0 Å². The molecule has 0 aliphatic carbocycles. The maximum Gasteiger partial charge on any atom is 0.321 e. The quantitative estimate of drug-likeness (QED) is 0.347. The van der Waals surface area contributed by atoms with Gasteiger partial charge in [0.25, 0.3) is 0 Å². The van der Waals surface area contributed by atoms with E-state index in [1.807, 2.05) is 42.5 Å². The predicted molar refractivity (Wildman–Crippen MR) is 117 cm³/mol. The number of benzene rings is 3. The Morgan fingerprint density at radius 2 is 1.48 bits per heavy atom. The number of aromatic nitrogens is 3. The van der Waals surface area contributed by atoms with Crippen LogP contribution < -0.4 is 4.74 Å². The Kier molecular flexibility index (Phi) is 4.50. The van der Waals surface area contributed by atoms with Crippen molar-refractivity contribution in [3.8, 4) is 33.5 Å². The zero-order chi connectivity index (χ0) is 19.6. The van der Waals surface area contributed by atoms with Gasteiger partial charge >= 0.3 is 6.01 Å². The van der Waals surface area contributed by atoms with E-state index in [1.54, 1.807) is 23.7 Å². The van der Waals surface area contributed by atoms with Crippen LogP contribution in [0.3, 0.4) is 0 Å². The fraction of sp³-hybridized carbons (Fsp3) is 0.0417. The van der Waals surface area contributed by atoms with Gasteiger partial charge in [-0.15, -0.1) is 11.3 Å². The fourth-order valence-electron chi connectivity index (χ4n) is 3.08. The van der Waals surface area contributed by atoms with Gasteiger partial charge in [0.05, 0.1) is 15.8 Å². The van der Waals surface area contributed by atoms with Gasteiger partial charge in [-0.1, -0.05) is 54.1 Å². The van der Waals surface area contributed by atoms with Crippen molar-refractivity contribution in [1.82, 2.24) is 15.0 Å². The Hall–Kier alpha value is -3.57. The van der Waals surface area contributed by atoms with Crippen LogP contribution in [0.25, 0.3) is 31.9 Å². The molecular weight excluding hydrogens is 378 g/mol. The lowest BCUT2D eigenvalue weighted by Crippen LogP contribution is -1.94. The molecule has 140 valence electrons. The van der Waals surface area contributed by atoms with Gasteiger partial charge in [-0.2, -0.15) is 0 Å². The molecule has 0 radical (unpaired) electrons. The minimum absolute atomic E-state index is 0.314. The molecule has 3 aromatic carbocycles. The molecule has 0 bridgehead atoms. The van der Waals surface area contributed by atoms with Crippen molar-refractivity contribution in [2.75, 3.05) is 0 Å². The molecule has 0 aliphatic heterocycles. The molecule has 29 heavy (non-hydrogen) atoms. The summed E-state index contributed by atoms with van der Waals surface area (Å²) in [6.45, 7) is 2.07. The van der Waals surface area contributed by atoms with Crippen molar-refractivity contribution < 1.29 is 4.74 Å². The van der Waals surface area contributed by atoms with E-state index in [4.69, 9.17) is 9.72 Å². The zero-order valence-electron chi connectivity index (χ0n) is 15.7. The molecule has 5 rings (SSSR count). The summed E-state index contributed by atoms with van der Waals surface area (Å²) in [5.41, 5.74) is 5.18. The van der Waals surface area contributed by atoms with Crippen molar-refractivity contribution in [2.24, 2.45) is 0 Å². The monoisotopic (exact) mass is 395 g/mol. The van der Waals surface area contributed by atoms with Crippen LogP contribution in [0.4, 0.5) is 0 Å². The van der Waals surface area contributed by atoms with E-state index >= 15 is 0 Å². The summed E-state index contributed by atoms with van der Waals surface area (Å²) in [5.74, 6) is 0.689. The Morgan fingerprint density at radius 3 is 2.28 bits per heavy atom. The van der Waals surface area contributed by atoms with Crippen molar-refractivity contribution >= 4 is 21.6 Å². The average Bonchev–Trinajstić information content (AvgIpc) is 3.19. The number of para-hydroxylation sites is 2. The van der Waals surface area contributed by atoms with Gasteiger partial charge in [-0.3, -0.25) is 0 Å². The number of ether oxygens (including phenoxy) is 1. The first-order chi connectivity index (χ1) is 14.3. The highest BCUT2D eigenvalue weighted by Crippen LogP contribution is 2.37. The summed E-state index contributed by atoms with van der Waals surface area (Å²) in [5, 5.41) is 0.915. The molecule has 5 aromatic rings. The third-order valence-corrected chi connectivity index (χ3v) is 5.70. The molecule has 0 spiro atoms. The van der Waals surface area contributed by atoms with Crippen LogP contribution in [0.1, 0.15) is 5.56 Å². The second-order valence-corrected chi connectivity index (χ2v) is 7.74. The minimum Gasteiger partial charge on any atom is -0.424 e. The van der Waals surface area contributed by atoms with E-state index in [2.05, 4.69) is 47.2 Å². The third kappa shape index (κ3) is 3.60. The number of nitrogens with zero attached hydrogens (tertiary/aromatic N) is 3. The van der Waals surface area contributed by atoms with Crippen LogP contribution in [0.15, 0.2) is 85.2 Å². The van der Waals surface area contributed by atoms with Gasteiger partial charge in [0.15, 0.2) is 0 Å². The Labute approximate surface area is 172 Å². The first-order valence-corrected chi connectivity index (χ1v) is 10.1. The van der Waals surface area contributed by atoms with E-state index in [-0.39, 0.29) is 0 Å². The van der Waals surface area contributed by atoms with Gasteiger partial charge in [-0.05, 0) is 36.8 Å². The highest BCUT2D eigenvalue weighted by molar-refractivity contribution is 7.21. The van der Waals surface area contributed by atoms with Gasteiger partial charge in [-0.25, -0.2) is 15.0 Å². The summed E-state index contributed by atoms with van der Waals surface area (Å²) < 4.78 is 7.16. The Morgan fingerprint density at radius 1 is 0.759 bits per heavy atom. The highest BCUT2D eigenvalue weighted by Gasteiger charge is 2.13. The summed E-state index contributed by atoms with van der Waals surface area (Å²) >= 11 is 1.64. The maximum atomic E-state index is 6.01. The number of thiazole rings is 1. The number of rotatable bonds is 4. The molecule has 0 aliphatic rings. The number of hydrogen-bond donors (Lipinski definition) is 0. The van der Waals surface area contributed by atoms with Gasteiger partial charge in [0.2, 0.25) is 0 Å². The molecule has 0 unspecified atom stereocenters. The molecule has 2 heterocycles. The van der Waals surface area contributed by atoms with Gasteiger partial charge in [0.1, 0.15) is 10.8 Å². The van der Waals surface area contributed by atoms with Crippen LogP contribution in [0.5, 0.6) is 11.8 Å².